The molecule has 0 amide bonds. The van der Waals surface area contributed by atoms with Crippen LogP contribution in [0.1, 0.15) is 22.3 Å². The summed E-state index contributed by atoms with van der Waals surface area (Å²) in [4.78, 5) is 0. The molecule has 0 unspecified atom stereocenters. The second-order valence-electron chi connectivity index (χ2n) is 7.14. The summed E-state index contributed by atoms with van der Waals surface area (Å²) in [6.07, 6.45) is 2.13. The molecule has 3 rings (SSSR count). The quantitative estimate of drug-likeness (QED) is 0.300. The first kappa shape index (κ1) is 26.8. The van der Waals surface area contributed by atoms with Gasteiger partial charge in [0.05, 0.1) is 13.1 Å². The molecule has 0 fully saturated rings. The normalized spacial score (nSPS) is 10.2. The lowest BCUT2D eigenvalue weighted by Crippen LogP contribution is -3.00. The number of nitrogens with two attached hydrogens (primary N) is 2. The molecule has 0 atom stereocenters. The summed E-state index contributed by atoms with van der Waals surface area (Å²) < 4.78 is 0. The Hall–Kier alpha value is -1.26. The van der Waals surface area contributed by atoms with E-state index < -0.39 is 0 Å². The number of hydrogen-bond donors (Lipinski definition) is 2. The van der Waals surface area contributed by atoms with E-state index in [2.05, 4.69) is 59.2 Å². The lowest BCUT2D eigenvalue weighted by Gasteiger charge is -2.06. The minimum Gasteiger partial charge on any atom is -1.00 e. The Morgan fingerprint density at radius 2 is 0.933 bits per heavy atom. The topological polar surface area (TPSA) is 33.2 Å². The highest BCUT2D eigenvalue weighted by atomic mass is 35.5. The molecule has 0 spiro atoms. The van der Waals surface area contributed by atoms with Gasteiger partial charge in [-0.05, 0) is 41.5 Å². The fourth-order valence-electron chi connectivity index (χ4n) is 3.26. The minimum absolute atomic E-state index is 0. The molecule has 3 aromatic carbocycles. The third kappa shape index (κ3) is 9.70. The Labute approximate surface area is 202 Å². The van der Waals surface area contributed by atoms with Crippen LogP contribution in [0.15, 0.2) is 72.8 Å². The van der Waals surface area contributed by atoms with Gasteiger partial charge in [0.25, 0.3) is 0 Å². The van der Waals surface area contributed by atoms with Gasteiger partial charge in [-0.2, -0.15) is 0 Å². The van der Waals surface area contributed by atoms with E-state index in [1.54, 1.807) is 0 Å². The molecule has 6 heteroatoms. The van der Waals surface area contributed by atoms with Crippen LogP contribution in [0, 0.1) is 0 Å². The lowest BCUT2D eigenvalue weighted by molar-refractivity contribution is -0.671. The SMILES string of the molecule is Clc1ccc(CC[NH2+]Cc2cccc(C[NH2+]CCc3ccc(Cl)cc3)c2)cc1.[Cl-].[Cl-]. The summed E-state index contributed by atoms with van der Waals surface area (Å²) >= 11 is 11.9. The highest BCUT2D eigenvalue weighted by molar-refractivity contribution is 6.30. The number of hydrogen-bond acceptors (Lipinski definition) is 0. The summed E-state index contributed by atoms with van der Waals surface area (Å²) in [6, 6.07) is 25.2. The van der Waals surface area contributed by atoms with E-state index >= 15 is 0 Å². The van der Waals surface area contributed by atoms with Gasteiger partial charge in [-0.1, -0.05) is 65.7 Å². The Morgan fingerprint density at radius 3 is 1.33 bits per heavy atom. The van der Waals surface area contributed by atoms with E-state index in [4.69, 9.17) is 23.2 Å². The molecule has 0 aliphatic rings. The molecule has 0 aromatic heterocycles. The molecule has 30 heavy (non-hydrogen) atoms. The fraction of sp³-hybridized carbons (Fsp3) is 0.250. The Morgan fingerprint density at radius 1 is 0.533 bits per heavy atom. The van der Waals surface area contributed by atoms with Gasteiger partial charge in [0.2, 0.25) is 0 Å². The average molecular weight is 486 g/mol. The van der Waals surface area contributed by atoms with Crippen LogP contribution in [-0.4, -0.2) is 13.1 Å². The zero-order valence-electron chi connectivity index (χ0n) is 16.8. The Bertz CT molecular complexity index is 783. The van der Waals surface area contributed by atoms with Crippen molar-refractivity contribution >= 4 is 23.2 Å². The van der Waals surface area contributed by atoms with Crippen molar-refractivity contribution in [2.24, 2.45) is 0 Å². The molecule has 0 aliphatic carbocycles. The largest absolute Gasteiger partial charge is 1.00 e. The van der Waals surface area contributed by atoms with E-state index in [-0.39, 0.29) is 24.8 Å². The Kier molecular flexibility index (Phi) is 13.1. The monoisotopic (exact) mass is 484 g/mol. The maximum Gasteiger partial charge on any atom is 0.101 e. The highest BCUT2D eigenvalue weighted by Gasteiger charge is 2.02. The van der Waals surface area contributed by atoms with Gasteiger partial charge in [-0.15, -0.1) is 0 Å². The molecule has 0 bridgehead atoms. The average Bonchev–Trinajstić information content (AvgIpc) is 2.72. The van der Waals surface area contributed by atoms with Crippen molar-refractivity contribution in [3.05, 3.63) is 105 Å². The zero-order valence-corrected chi connectivity index (χ0v) is 19.9. The summed E-state index contributed by atoms with van der Waals surface area (Å²) in [6.45, 7) is 4.20. The van der Waals surface area contributed by atoms with Crippen LogP contribution in [0.4, 0.5) is 0 Å². The van der Waals surface area contributed by atoms with Crippen molar-refractivity contribution in [3.63, 3.8) is 0 Å². The number of rotatable bonds is 10. The molecule has 0 aliphatic heterocycles. The second kappa shape index (κ2) is 14.7. The minimum atomic E-state index is 0. The van der Waals surface area contributed by atoms with Gasteiger partial charge in [-0.3, -0.25) is 0 Å². The predicted molar refractivity (Wildman–Crippen MR) is 118 cm³/mol. The van der Waals surface area contributed by atoms with Crippen molar-refractivity contribution in [2.75, 3.05) is 13.1 Å². The first-order valence-corrected chi connectivity index (χ1v) is 10.6. The van der Waals surface area contributed by atoms with Crippen LogP contribution in [0.5, 0.6) is 0 Å². The Balaban J connectivity index is 0.00000225. The van der Waals surface area contributed by atoms with Crippen LogP contribution in [0.25, 0.3) is 0 Å². The van der Waals surface area contributed by atoms with Gasteiger partial charge in [0, 0.05) is 34.0 Å². The lowest BCUT2D eigenvalue weighted by atomic mass is 10.1. The maximum absolute atomic E-state index is 5.93. The van der Waals surface area contributed by atoms with Crippen molar-refractivity contribution in [2.45, 2.75) is 25.9 Å². The van der Waals surface area contributed by atoms with Crippen molar-refractivity contribution in [1.82, 2.24) is 0 Å². The van der Waals surface area contributed by atoms with E-state index in [9.17, 15) is 0 Å². The molecule has 0 heterocycles. The van der Waals surface area contributed by atoms with Gasteiger partial charge in [-0.25, -0.2) is 0 Å². The fourth-order valence-corrected chi connectivity index (χ4v) is 3.51. The van der Waals surface area contributed by atoms with E-state index in [0.29, 0.717) is 0 Å². The summed E-state index contributed by atoms with van der Waals surface area (Å²) in [5.74, 6) is 0. The molecule has 0 saturated carbocycles. The molecule has 3 aromatic rings. The van der Waals surface area contributed by atoms with Crippen molar-refractivity contribution in [3.8, 4) is 0 Å². The number of benzene rings is 3. The van der Waals surface area contributed by atoms with Gasteiger partial charge < -0.3 is 35.4 Å². The van der Waals surface area contributed by atoms with Gasteiger partial charge >= 0.3 is 0 Å². The maximum atomic E-state index is 5.93. The van der Waals surface area contributed by atoms with Crippen molar-refractivity contribution < 1.29 is 35.4 Å². The van der Waals surface area contributed by atoms with Crippen LogP contribution in [0.2, 0.25) is 10.0 Å². The van der Waals surface area contributed by atoms with Gasteiger partial charge in [0.1, 0.15) is 13.1 Å². The summed E-state index contributed by atoms with van der Waals surface area (Å²) in [5.41, 5.74) is 5.45. The summed E-state index contributed by atoms with van der Waals surface area (Å²) in [7, 11) is 0. The standard InChI is InChI=1S/C24H26Cl2N2.2ClH/c25-23-8-4-19(5-9-23)12-14-27-17-21-2-1-3-22(16-21)18-28-15-13-20-6-10-24(26)11-7-20;;/h1-11,16,27-28H,12-15,17-18H2;2*1H. The third-order valence-corrected chi connectivity index (χ3v) is 5.36. The van der Waals surface area contributed by atoms with Crippen molar-refractivity contribution in [1.29, 1.82) is 0 Å². The first-order chi connectivity index (χ1) is 13.7. The highest BCUT2D eigenvalue weighted by Crippen LogP contribution is 2.10. The molecule has 162 valence electrons. The van der Waals surface area contributed by atoms with Gasteiger partial charge in [0.15, 0.2) is 0 Å². The van der Waals surface area contributed by atoms with Crippen LogP contribution < -0.4 is 35.4 Å². The van der Waals surface area contributed by atoms with E-state index in [0.717, 1.165) is 49.1 Å². The molecular weight excluding hydrogens is 458 g/mol. The van der Waals surface area contributed by atoms with Crippen LogP contribution >= 0.6 is 23.2 Å². The van der Waals surface area contributed by atoms with Crippen LogP contribution in [-0.2, 0) is 25.9 Å². The second-order valence-corrected chi connectivity index (χ2v) is 8.01. The smallest absolute Gasteiger partial charge is 0.101 e. The van der Waals surface area contributed by atoms with E-state index in [1.807, 2.05) is 24.3 Å². The zero-order chi connectivity index (χ0) is 19.6. The third-order valence-electron chi connectivity index (χ3n) is 4.85. The number of halogens is 4. The number of quaternary nitrogens is 2. The molecular formula is C24H28Cl4N2. The molecule has 4 N–H and O–H groups in total. The predicted octanol–water partition coefficient (Wildman–Crippen LogP) is -2.39. The molecule has 2 nitrogen and oxygen atoms in total. The first-order valence-electron chi connectivity index (χ1n) is 9.89. The van der Waals surface area contributed by atoms with E-state index in [1.165, 1.54) is 22.3 Å². The molecule has 0 saturated heterocycles. The molecule has 0 radical (unpaired) electrons. The summed E-state index contributed by atoms with van der Waals surface area (Å²) in [5, 5.41) is 6.35. The van der Waals surface area contributed by atoms with Crippen LogP contribution in [0.3, 0.4) is 0 Å².